The Kier molecular flexibility index (Phi) is 3.50. The van der Waals surface area contributed by atoms with Crippen molar-refractivity contribution in [3.05, 3.63) is 24.0 Å². The monoisotopic (exact) mass is 194 g/mol. The summed E-state index contributed by atoms with van der Waals surface area (Å²) in [5.74, 6) is 1.45. The quantitative estimate of drug-likeness (QED) is 0.641. The van der Waals surface area contributed by atoms with Crippen LogP contribution in [0.15, 0.2) is 24.0 Å². The highest BCUT2D eigenvalue weighted by Crippen LogP contribution is 2.22. The average molecular weight is 194 g/mol. The van der Waals surface area contributed by atoms with E-state index in [-0.39, 0.29) is 17.8 Å². The van der Waals surface area contributed by atoms with E-state index < -0.39 is 0 Å². The lowest BCUT2D eigenvalue weighted by atomic mass is 9.93. The van der Waals surface area contributed by atoms with Crippen molar-refractivity contribution >= 4 is 5.78 Å². The number of ether oxygens (including phenoxy) is 1. The van der Waals surface area contributed by atoms with Crippen molar-refractivity contribution in [1.29, 1.82) is 0 Å². The molecule has 78 valence electrons. The molecule has 1 rings (SSSR count). The summed E-state index contributed by atoms with van der Waals surface area (Å²) < 4.78 is 5.72. The Morgan fingerprint density at radius 3 is 2.64 bits per heavy atom. The maximum Gasteiger partial charge on any atom is 0.181 e. The molecule has 0 fully saturated rings. The van der Waals surface area contributed by atoms with Gasteiger partial charge in [-0.05, 0) is 18.9 Å². The maximum absolute atomic E-state index is 11.2. The molecule has 0 aliphatic carbocycles. The third-order valence-electron chi connectivity index (χ3n) is 2.41. The van der Waals surface area contributed by atoms with Crippen LogP contribution in [-0.4, -0.2) is 11.9 Å². The lowest BCUT2D eigenvalue weighted by Gasteiger charge is -2.27. The molecule has 0 amide bonds. The zero-order valence-electron chi connectivity index (χ0n) is 9.28. The first-order valence-electron chi connectivity index (χ1n) is 5.08. The second-order valence-corrected chi connectivity index (χ2v) is 4.20. The van der Waals surface area contributed by atoms with E-state index in [4.69, 9.17) is 4.74 Å². The van der Waals surface area contributed by atoms with Gasteiger partial charge in [-0.2, -0.15) is 0 Å². The summed E-state index contributed by atoms with van der Waals surface area (Å²) in [5.41, 5.74) is 0. The Balaban J connectivity index is 2.87. The Labute approximate surface area is 85.6 Å². The molecule has 1 heterocycles. The fourth-order valence-electron chi connectivity index (χ4n) is 1.70. The van der Waals surface area contributed by atoms with Gasteiger partial charge in [0, 0.05) is 12.0 Å². The van der Waals surface area contributed by atoms with Crippen molar-refractivity contribution in [2.75, 3.05) is 0 Å². The summed E-state index contributed by atoms with van der Waals surface area (Å²) in [5, 5.41) is 0. The molecule has 0 aromatic rings. The molecule has 0 bridgehead atoms. The van der Waals surface area contributed by atoms with Crippen LogP contribution in [0.2, 0.25) is 0 Å². The lowest BCUT2D eigenvalue weighted by Crippen LogP contribution is -2.27. The summed E-state index contributed by atoms with van der Waals surface area (Å²) in [6.07, 6.45) is 5.26. The van der Waals surface area contributed by atoms with Crippen molar-refractivity contribution < 1.29 is 9.53 Å². The lowest BCUT2D eigenvalue weighted by molar-refractivity contribution is -0.110. The van der Waals surface area contributed by atoms with Gasteiger partial charge in [0.25, 0.3) is 0 Å². The van der Waals surface area contributed by atoms with Gasteiger partial charge in [0.1, 0.15) is 6.10 Å². The van der Waals surface area contributed by atoms with Crippen molar-refractivity contribution in [1.82, 2.24) is 0 Å². The van der Waals surface area contributed by atoms with Gasteiger partial charge >= 0.3 is 0 Å². The van der Waals surface area contributed by atoms with E-state index in [9.17, 15) is 4.79 Å². The Morgan fingerprint density at radius 1 is 1.43 bits per heavy atom. The second kappa shape index (κ2) is 4.45. The third kappa shape index (κ3) is 2.72. The molecule has 0 N–H and O–H groups in total. The smallest absolute Gasteiger partial charge is 0.181 e. The van der Waals surface area contributed by atoms with Crippen LogP contribution in [-0.2, 0) is 9.53 Å². The number of ketones is 1. The summed E-state index contributed by atoms with van der Waals surface area (Å²) in [6, 6.07) is 0. The molecule has 0 radical (unpaired) electrons. The largest absolute Gasteiger partial charge is 0.494 e. The molecular weight excluding hydrogens is 176 g/mol. The van der Waals surface area contributed by atoms with Gasteiger partial charge in [-0.15, -0.1) is 0 Å². The second-order valence-electron chi connectivity index (χ2n) is 4.20. The SMILES string of the molecule is C/C1=C/C(=O)/C=C\[C@H](C)[C@@H](C(C)C)O1. The molecule has 2 atom stereocenters. The van der Waals surface area contributed by atoms with Gasteiger partial charge < -0.3 is 4.74 Å². The van der Waals surface area contributed by atoms with Crippen LogP contribution in [0.4, 0.5) is 0 Å². The third-order valence-corrected chi connectivity index (χ3v) is 2.41. The number of allylic oxidation sites excluding steroid dienone is 3. The maximum atomic E-state index is 11.2. The minimum Gasteiger partial charge on any atom is -0.494 e. The molecule has 1 aliphatic rings. The van der Waals surface area contributed by atoms with E-state index in [1.165, 1.54) is 6.08 Å². The Hall–Kier alpha value is -1.05. The van der Waals surface area contributed by atoms with Crippen molar-refractivity contribution in [3.63, 3.8) is 0 Å². The molecule has 0 unspecified atom stereocenters. The number of carbonyl (C=O) groups excluding carboxylic acids is 1. The van der Waals surface area contributed by atoms with Gasteiger partial charge in [-0.1, -0.05) is 26.8 Å². The number of hydrogen-bond acceptors (Lipinski definition) is 2. The summed E-state index contributed by atoms with van der Waals surface area (Å²) in [7, 11) is 0. The predicted octanol–water partition coefficient (Wildman–Crippen LogP) is 2.71. The molecular formula is C12H18O2. The van der Waals surface area contributed by atoms with Crippen LogP contribution < -0.4 is 0 Å². The normalized spacial score (nSPS) is 34.1. The minimum absolute atomic E-state index is 0.0107. The topological polar surface area (TPSA) is 26.3 Å². The first-order chi connectivity index (χ1) is 6.50. The molecule has 2 heteroatoms. The molecule has 0 saturated heterocycles. The molecule has 0 spiro atoms. The molecule has 14 heavy (non-hydrogen) atoms. The van der Waals surface area contributed by atoms with E-state index >= 15 is 0 Å². The zero-order chi connectivity index (χ0) is 10.7. The molecule has 0 aromatic carbocycles. The summed E-state index contributed by atoms with van der Waals surface area (Å²) in [4.78, 5) is 11.2. The number of rotatable bonds is 1. The minimum atomic E-state index is 0.0107. The van der Waals surface area contributed by atoms with E-state index in [2.05, 4.69) is 20.8 Å². The summed E-state index contributed by atoms with van der Waals surface area (Å²) >= 11 is 0. The van der Waals surface area contributed by atoms with E-state index in [1.54, 1.807) is 6.08 Å². The first-order valence-corrected chi connectivity index (χ1v) is 5.08. The highest BCUT2D eigenvalue weighted by molar-refractivity contribution is 5.99. The Morgan fingerprint density at radius 2 is 2.07 bits per heavy atom. The van der Waals surface area contributed by atoms with Gasteiger partial charge in [0.15, 0.2) is 5.78 Å². The van der Waals surface area contributed by atoms with Gasteiger partial charge in [-0.25, -0.2) is 0 Å². The van der Waals surface area contributed by atoms with Crippen LogP contribution in [0.3, 0.4) is 0 Å². The van der Waals surface area contributed by atoms with E-state index in [1.807, 2.05) is 13.0 Å². The predicted molar refractivity (Wildman–Crippen MR) is 56.8 cm³/mol. The zero-order valence-corrected chi connectivity index (χ0v) is 9.28. The fraction of sp³-hybridized carbons (Fsp3) is 0.583. The molecule has 2 nitrogen and oxygen atoms in total. The molecule has 1 aliphatic heterocycles. The van der Waals surface area contributed by atoms with Crippen LogP contribution in [0, 0.1) is 11.8 Å². The standard InChI is InChI=1S/C12H18O2/c1-8(2)12-9(3)5-6-11(13)7-10(4)14-12/h5-9,12H,1-4H3/b6-5-,10-7-/t9-,12+/m0/s1. The van der Waals surface area contributed by atoms with Crippen molar-refractivity contribution in [2.45, 2.75) is 33.8 Å². The van der Waals surface area contributed by atoms with Crippen LogP contribution >= 0.6 is 0 Å². The van der Waals surface area contributed by atoms with E-state index in [0.717, 1.165) is 0 Å². The van der Waals surface area contributed by atoms with Gasteiger partial charge in [-0.3, -0.25) is 4.79 Å². The van der Waals surface area contributed by atoms with E-state index in [0.29, 0.717) is 11.7 Å². The highest BCUT2D eigenvalue weighted by atomic mass is 16.5. The van der Waals surface area contributed by atoms with Crippen LogP contribution in [0.5, 0.6) is 0 Å². The van der Waals surface area contributed by atoms with Crippen LogP contribution in [0.25, 0.3) is 0 Å². The fourth-order valence-corrected chi connectivity index (χ4v) is 1.70. The first kappa shape index (κ1) is 11.0. The number of carbonyl (C=O) groups is 1. The van der Waals surface area contributed by atoms with Crippen molar-refractivity contribution in [2.24, 2.45) is 11.8 Å². The summed E-state index contributed by atoms with van der Waals surface area (Å²) in [6.45, 7) is 8.17. The molecule has 0 aromatic heterocycles. The van der Waals surface area contributed by atoms with Crippen LogP contribution in [0.1, 0.15) is 27.7 Å². The molecule has 0 saturated carbocycles. The average Bonchev–Trinajstić information content (AvgIpc) is 2.08. The van der Waals surface area contributed by atoms with Gasteiger partial charge in [0.05, 0.1) is 5.76 Å². The van der Waals surface area contributed by atoms with Crippen molar-refractivity contribution in [3.8, 4) is 0 Å². The highest BCUT2D eigenvalue weighted by Gasteiger charge is 2.22. The Bertz CT molecular complexity index is 274. The van der Waals surface area contributed by atoms with Gasteiger partial charge in [0.2, 0.25) is 0 Å². The number of hydrogen-bond donors (Lipinski definition) is 0.